The van der Waals surface area contributed by atoms with Gasteiger partial charge in [-0.1, -0.05) is 12.1 Å². The highest BCUT2D eigenvalue weighted by Gasteiger charge is 2.06. The maximum atomic E-state index is 9.71. The van der Waals surface area contributed by atoms with Gasteiger partial charge in [0.15, 0.2) is 0 Å². The molecule has 3 nitrogen and oxygen atoms in total. The first kappa shape index (κ1) is 10.4. The van der Waals surface area contributed by atoms with Gasteiger partial charge in [0.05, 0.1) is 0 Å². The van der Waals surface area contributed by atoms with E-state index in [-0.39, 0.29) is 11.5 Å². The van der Waals surface area contributed by atoms with Crippen molar-refractivity contribution in [2.45, 2.75) is 6.92 Å². The van der Waals surface area contributed by atoms with Crippen LogP contribution in [-0.2, 0) is 0 Å². The van der Waals surface area contributed by atoms with Gasteiger partial charge in [-0.15, -0.1) is 0 Å². The van der Waals surface area contributed by atoms with Gasteiger partial charge < -0.3 is 15.9 Å². The Morgan fingerprint density at radius 3 is 2.38 bits per heavy atom. The first-order valence-corrected chi connectivity index (χ1v) is 4.96. The van der Waals surface area contributed by atoms with Crippen LogP contribution in [-0.4, -0.2) is 10.2 Å². The molecule has 82 valence electrons. The van der Waals surface area contributed by atoms with Gasteiger partial charge in [0.2, 0.25) is 0 Å². The number of nitrogen functional groups attached to an aromatic ring is 1. The van der Waals surface area contributed by atoms with E-state index in [9.17, 15) is 10.2 Å². The molecule has 4 N–H and O–H groups in total. The third-order valence-electron chi connectivity index (χ3n) is 2.54. The number of nitrogens with two attached hydrogens (primary N) is 1. The summed E-state index contributed by atoms with van der Waals surface area (Å²) >= 11 is 0. The number of benzene rings is 2. The van der Waals surface area contributed by atoms with Crippen LogP contribution in [0.25, 0.3) is 11.1 Å². The SMILES string of the molecule is Cc1ccc(-c2cc(N)ccc2O)cc1O. The highest BCUT2D eigenvalue weighted by molar-refractivity contribution is 5.74. The standard InChI is InChI=1S/C13H13NO2/c1-8-2-3-9(6-13(8)16)11-7-10(14)4-5-12(11)15/h2-7,15-16H,14H2,1H3. The fourth-order valence-electron chi connectivity index (χ4n) is 1.56. The number of hydrogen-bond donors (Lipinski definition) is 3. The lowest BCUT2D eigenvalue weighted by Crippen LogP contribution is -1.86. The lowest BCUT2D eigenvalue weighted by Gasteiger charge is -2.07. The molecule has 0 saturated carbocycles. The summed E-state index contributed by atoms with van der Waals surface area (Å²) in [4.78, 5) is 0. The molecule has 3 heteroatoms. The topological polar surface area (TPSA) is 66.5 Å². The van der Waals surface area contributed by atoms with Crippen LogP contribution < -0.4 is 5.73 Å². The number of rotatable bonds is 1. The summed E-state index contributed by atoms with van der Waals surface area (Å²) in [5, 5.41) is 19.3. The highest BCUT2D eigenvalue weighted by Crippen LogP contribution is 2.33. The second-order valence-electron chi connectivity index (χ2n) is 3.78. The Balaban J connectivity index is 2.58. The van der Waals surface area contributed by atoms with Crippen LogP contribution in [0.15, 0.2) is 36.4 Å². The normalized spacial score (nSPS) is 10.3. The molecule has 2 aromatic rings. The van der Waals surface area contributed by atoms with E-state index in [1.54, 1.807) is 30.3 Å². The Kier molecular flexibility index (Phi) is 2.44. The molecule has 0 spiro atoms. The highest BCUT2D eigenvalue weighted by atomic mass is 16.3. The molecular weight excluding hydrogens is 202 g/mol. The van der Waals surface area contributed by atoms with Gasteiger partial charge in [-0.05, 0) is 42.3 Å². The van der Waals surface area contributed by atoms with Gasteiger partial charge in [-0.2, -0.15) is 0 Å². The molecule has 0 amide bonds. The number of aryl methyl sites for hydroxylation is 1. The Labute approximate surface area is 93.8 Å². The first-order valence-electron chi connectivity index (χ1n) is 4.96. The number of aromatic hydroxyl groups is 2. The second kappa shape index (κ2) is 3.77. The van der Waals surface area contributed by atoms with Crippen LogP contribution >= 0.6 is 0 Å². The van der Waals surface area contributed by atoms with Crippen LogP contribution in [0.1, 0.15) is 5.56 Å². The van der Waals surface area contributed by atoms with Crippen molar-refractivity contribution in [3.63, 3.8) is 0 Å². The van der Waals surface area contributed by atoms with Crippen LogP contribution in [0.2, 0.25) is 0 Å². The zero-order valence-electron chi connectivity index (χ0n) is 8.94. The molecule has 0 heterocycles. The fraction of sp³-hybridized carbons (Fsp3) is 0.0769. The zero-order valence-corrected chi connectivity index (χ0v) is 8.94. The van der Waals surface area contributed by atoms with Crippen molar-refractivity contribution in [2.24, 2.45) is 0 Å². The van der Waals surface area contributed by atoms with Crippen molar-refractivity contribution in [1.29, 1.82) is 0 Å². The van der Waals surface area contributed by atoms with E-state index in [2.05, 4.69) is 0 Å². The van der Waals surface area contributed by atoms with Gasteiger partial charge in [-0.3, -0.25) is 0 Å². The van der Waals surface area contributed by atoms with Crippen molar-refractivity contribution in [1.82, 2.24) is 0 Å². The van der Waals surface area contributed by atoms with E-state index in [4.69, 9.17) is 5.73 Å². The van der Waals surface area contributed by atoms with E-state index in [1.165, 1.54) is 0 Å². The molecule has 0 atom stereocenters. The summed E-state index contributed by atoms with van der Waals surface area (Å²) in [5.74, 6) is 0.358. The van der Waals surface area contributed by atoms with Crippen molar-refractivity contribution < 1.29 is 10.2 Å². The minimum absolute atomic E-state index is 0.150. The molecule has 0 fully saturated rings. The van der Waals surface area contributed by atoms with Gasteiger partial charge in [0.1, 0.15) is 11.5 Å². The van der Waals surface area contributed by atoms with Crippen molar-refractivity contribution in [3.05, 3.63) is 42.0 Å². The number of anilines is 1. The maximum absolute atomic E-state index is 9.71. The fourth-order valence-corrected chi connectivity index (χ4v) is 1.56. The largest absolute Gasteiger partial charge is 0.508 e. The summed E-state index contributed by atoms with van der Waals surface area (Å²) in [5.41, 5.74) is 8.40. The first-order chi connectivity index (χ1) is 7.58. The number of phenols is 2. The van der Waals surface area contributed by atoms with E-state index in [1.807, 2.05) is 13.0 Å². The van der Waals surface area contributed by atoms with Crippen LogP contribution in [0, 0.1) is 6.92 Å². The Bertz CT molecular complexity index is 535. The Morgan fingerprint density at radius 2 is 1.69 bits per heavy atom. The molecule has 0 aromatic heterocycles. The summed E-state index contributed by atoms with van der Waals surface area (Å²) in [6.45, 7) is 1.82. The average Bonchev–Trinajstić information content (AvgIpc) is 2.26. The molecule has 0 radical (unpaired) electrons. The molecule has 0 aliphatic carbocycles. The van der Waals surface area contributed by atoms with Crippen LogP contribution in [0.5, 0.6) is 11.5 Å². The summed E-state index contributed by atoms with van der Waals surface area (Å²) in [6.07, 6.45) is 0. The monoisotopic (exact) mass is 215 g/mol. The Hall–Kier alpha value is -2.16. The number of phenolic OH excluding ortho intramolecular Hbond substituents is 2. The van der Waals surface area contributed by atoms with Gasteiger partial charge in [-0.25, -0.2) is 0 Å². The molecule has 0 saturated heterocycles. The molecule has 2 rings (SSSR count). The van der Waals surface area contributed by atoms with E-state index < -0.39 is 0 Å². The molecule has 16 heavy (non-hydrogen) atoms. The third kappa shape index (κ3) is 1.80. The zero-order chi connectivity index (χ0) is 11.7. The quantitative estimate of drug-likeness (QED) is 0.506. The average molecular weight is 215 g/mol. The molecule has 0 bridgehead atoms. The smallest absolute Gasteiger partial charge is 0.123 e. The van der Waals surface area contributed by atoms with Gasteiger partial charge >= 0.3 is 0 Å². The summed E-state index contributed by atoms with van der Waals surface area (Å²) in [7, 11) is 0. The summed E-state index contributed by atoms with van der Waals surface area (Å²) in [6, 6.07) is 10.1. The van der Waals surface area contributed by atoms with Crippen molar-refractivity contribution in [3.8, 4) is 22.6 Å². The lowest BCUT2D eigenvalue weighted by atomic mass is 10.0. The predicted octanol–water partition coefficient (Wildman–Crippen LogP) is 2.66. The third-order valence-corrected chi connectivity index (χ3v) is 2.54. The van der Waals surface area contributed by atoms with E-state index in [0.717, 1.165) is 11.1 Å². The molecule has 0 unspecified atom stereocenters. The minimum atomic E-state index is 0.150. The second-order valence-corrected chi connectivity index (χ2v) is 3.78. The maximum Gasteiger partial charge on any atom is 0.123 e. The van der Waals surface area contributed by atoms with E-state index in [0.29, 0.717) is 11.3 Å². The van der Waals surface area contributed by atoms with Crippen LogP contribution in [0.3, 0.4) is 0 Å². The molecular formula is C13H13NO2. The molecule has 2 aromatic carbocycles. The van der Waals surface area contributed by atoms with Crippen molar-refractivity contribution in [2.75, 3.05) is 5.73 Å². The predicted molar refractivity (Wildman–Crippen MR) is 64.4 cm³/mol. The lowest BCUT2D eigenvalue weighted by molar-refractivity contribution is 0.470. The van der Waals surface area contributed by atoms with Crippen LogP contribution in [0.4, 0.5) is 5.69 Å². The number of hydrogen-bond acceptors (Lipinski definition) is 3. The molecule has 0 aliphatic heterocycles. The minimum Gasteiger partial charge on any atom is -0.508 e. The Morgan fingerprint density at radius 1 is 0.938 bits per heavy atom. The summed E-state index contributed by atoms with van der Waals surface area (Å²) < 4.78 is 0. The molecule has 0 aliphatic rings. The van der Waals surface area contributed by atoms with Gasteiger partial charge in [0.25, 0.3) is 0 Å². The van der Waals surface area contributed by atoms with E-state index >= 15 is 0 Å². The van der Waals surface area contributed by atoms with Crippen molar-refractivity contribution >= 4 is 5.69 Å². The van der Waals surface area contributed by atoms with Gasteiger partial charge in [0, 0.05) is 11.3 Å².